The molecule has 0 spiro atoms. The summed E-state index contributed by atoms with van der Waals surface area (Å²) in [6.45, 7) is 1.52. The van der Waals surface area contributed by atoms with Gasteiger partial charge in [0.05, 0.1) is 5.57 Å². The lowest BCUT2D eigenvalue weighted by molar-refractivity contribution is -0.142. The SMILES string of the molecule is CC(=O)OC(C#CCCCCO)/C(C#CI)=C/c1ccccc1. The summed E-state index contributed by atoms with van der Waals surface area (Å²) in [4.78, 5) is 11.4. The number of aliphatic hydroxyl groups is 1. The van der Waals surface area contributed by atoms with Crippen molar-refractivity contribution in [1.29, 1.82) is 0 Å². The number of hydrogen-bond acceptors (Lipinski definition) is 3. The van der Waals surface area contributed by atoms with Crippen LogP contribution in [0.1, 0.15) is 31.7 Å². The highest BCUT2D eigenvalue weighted by Gasteiger charge is 2.13. The van der Waals surface area contributed by atoms with Gasteiger partial charge >= 0.3 is 5.97 Å². The Bertz CT molecular complexity index is 642. The third-order valence-electron chi connectivity index (χ3n) is 2.82. The molecule has 1 N–H and O–H groups in total. The van der Waals surface area contributed by atoms with Crippen LogP contribution in [0, 0.1) is 21.7 Å². The topological polar surface area (TPSA) is 46.5 Å². The first-order chi connectivity index (χ1) is 11.2. The van der Waals surface area contributed by atoms with Gasteiger partial charge in [0.1, 0.15) is 0 Å². The van der Waals surface area contributed by atoms with E-state index in [0.29, 0.717) is 18.4 Å². The number of carbonyl (C=O) groups is 1. The van der Waals surface area contributed by atoms with Crippen LogP contribution in [0.15, 0.2) is 35.9 Å². The molecule has 3 nitrogen and oxygen atoms in total. The van der Waals surface area contributed by atoms with Crippen LogP contribution in [0.3, 0.4) is 0 Å². The van der Waals surface area contributed by atoms with Gasteiger partial charge in [0.25, 0.3) is 0 Å². The minimum absolute atomic E-state index is 0.161. The van der Waals surface area contributed by atoms with E-state index in [9.17, 15) is 4.79 Å². The monoisotopic (exact) mass is 422 g/mol. The van der Waals surface area contributed by atoms with Gasteiger partial charge in [-0.2, -0.15) is 0 Å². The number of esters is 1. The summed E-state index contributed by atoms with van der Waals surface area (Å²) < 4.78 is 8.12. The highest BCUT2D eigenvalue weighted by Crippen LogP contribution is 2.13. The van der Waals surface area contributed by atoms with Gasteiger partial charge in [0, 0.05) is 42.5 Å². The predicted molar refractivity (Wildman–Crippen MR) is 100 cm³/mol. The van der Waals surface area contributed by atoms with Crippen LogP contribution < -0.4 is 0 Å². The van der Waals surface area contributed by atoms with Crippen LogP contribution in [0.2, 0.25) is 0 Å². The summed E-state index contributed by atoms with van der Waals surface area (Å²) in [5.74, 6) is 8.54. The van der Waals surface area contributed by atoms with E-state index in [1.165, 1.54) is 6.92 Å². The largest absolute Gasteiger partial charge is 0.444 e. The van der Waals surface area contributed by atoms with Gasteiger partial charge in [-0.1, -0.05) is 48.1 Å². The fourth-order valence-corrected chi connectivity index (χ4v) is 2.10. The molecule has 0 aliphatic carbocycles. The molecule has 0 aliphatic heterocycles. The molecule has 0 fully saturated rings. The van der Waals surface area contributed by atoms with Crippen molar-refractivity contribution < 1.29 is 14.6 Å². The smallest absolute Gasteiger partial charge is 0.304 e. The van der Waals surface area contributed by atoms with Crippen molar-refractivity contribution in [2.45, 2.75) is 32.3 Å². The molecule has 0 aromatic heterocycles. The maximum atomic E-state index is 11.4. The van der Waals surface area contributed by atoms with Crippen molar-refractivity contribution in [1.82, 2.24) is 0 Å². The van der Waals surface area contributed by atoms with E-state index in [1.807, 2.05) is 59.0 Å². The van der Waals surface area contributed by atoms with Crippen LogP contribution in [-0.4, -0.2) is 23.8 Å². The van der Waals surface area contributed by atoms with Gasteiger partial charge in [-0.15, -0.1) is 0 Å². The number of ether oxygens (including phenoxy) is 1. The van der Waals surface area contributed by atoms with Crippen LogP contribution in [0.25, 0.3) is 6.08 Å². The van der Waals surface area contributed by atoms with Crippen LogP contribution in [-0.2, 0) is 9.53 Å². The fourth-order valence-electron chi connectivity index (χ4n) is 1.79. The summed E-state index contributed by atoms with van der Waals surface area (Å²) in [5.41, 5.74) is 1.62. The fraction of sp³-hybridized carbons (Fsp3) is 0.316. The Kier molecular flexibility index (Phi) is 9.86. The third-order valence-corrected chi connectivity index (χ3v) is 3.09. The molecule has 0 amide bonds. The molecule has 0 heterocycles. The lowest BCUT2D eigenvalue weighted by Crippen LogP contribution is -2.16. The van der Waals surface area contributed by atoms with Gasteiger partial charge in [0.15, 0.2) is 6.10 Å². The van der Waals surface area contributed by atoms with Crippen LogP contribution in [0.4, 0.5) is 0 Å². The van der Waals surface area contributed by atoms with E-state index in [4.69, 9.17) is 9.84 Å². The maximum absolute atomic E-state index is 11.4. The standard InChI is InChI=1S/C19H19IO3/c1-16(22)23-19(11-7-2-3-8-14-21)18(12-13-20)15-17-9-5-4-6-10-17/h4-6,9-10,15,19,21H,2-3,8,14H2,1H3/b18-15+. The Morgan fingerprint density at radius 2 is 2.09 bits per heavy atom. The first-order valence-electron chi connectivity index (χ1n) is 7.32. The van der Waals surface area contributed by atoms with E-state index >= 15 is 0 Å². The molecular weight excluding hydrogens is 403 g/mol. The van der Waals surface area contributed by atoms with E-state index in [-0.39, 0.29) is 6.61 Å². The molecule has 1 rings (SSSR count). The van der Waals surface area contributed by atoms with Crippen molar-refractivity contribution in [2.24, 2.45) is 0 Å². The number of aliphatic hydroxyl groups excluding tert-OH is 1. The predicted octanol–water partition coefficient (Wildman–Crippen LogP) is 3.56. The van der Waals surface area contributed by atoms with Crippen LogP contribution in [0.5, 0.6) is 0 Å². The Morgan fingerprint density at radius 1 is 1.35 bits per heavy atom. The van der Waals surface area contributed by atoms with Gasteiger partial charge in [0.2, 0.25) is 0 Å². The minimum atomic E-state index is -0.677. The van der Waals surface area contributed by atoms with E-state index in [1.54, 1.807) is 0 Å². The highest BCUT2D eigenvalue weighted by atomic mass is 127. The number of rotatable bonds is 6. The molecule has 1 aromatic carbocycles. The van der Waals surface area contributed by atoms with Crippen molar-refractivity contribution in [3.63, 3.8) is 0 Å². The summed E-state index contributed by atoms with van der Waals surface area (Å²) in [7, 11) is 0. The van der Waals surface area contributed by atoms with E-state index in [2.05, 4.69) is 21.7 Å². The summed E-state index contributed by atoms with van der Waals surface area (Å²) in [6.07, 6.45) is 3.37. The normalized spacial score (nSPS) is 11.5. The Hall–Kier alpha value is -1.76. The molecule has 120 valence electrons. The summed E-state index contributed by atoms with van der Waals surface area (Å²) in [6, 6.07) is 9.71. The third kappa shape index (κ3) is 8.44. The molecule has 1 atom stereocenters. The molecule has 0 saturated carbocycles. The van der Waals surface area contributed by atoms with E-state index in [0.717, 1.165) is 12.0 Å². The Labute approximate surface area is 151 Å². The van der Waals surface area contributed by atoms with Crippen molar-refractivity contribution in [2.75, 3.05) is 6.61 Å². The molecule has 23 heavy (non-hydrogen) atoms. The van der Waals surface area contributed by atoms with Gasteiger partial charge in [-0.05, 0) is 28.4 Å². The number of hydrogen-bond donors (Lipinski definition) is 1. The summed E-state index contributed by atoms with van der Waals surface area (Å²) >= 11 is 1.95. The Morgan fingerprint density at radius 3 is 2.70 bits per heavy atom. The van der Waals surface area contributed by atoms with Crippen molar-refractivity contribution in [3.05, 3.63) is 41.5 Å². The first kappa shape index (κ1) is 19.3. The number of halogens is 1. The van der Waals surface area contributed by atoms with Crippen molar-refractivity contribution >= 4 is 34.6 Å². The molecule has 4 heteroatoms. The minimum Gasteiger partial charge on any atom is -0.444 e. The lowest BCUT2D eigenvalue weighted by Gasteiger charge is -2.11. The molecule has 0 bridgehead atoms. The lowest BCUT2D eigenvalue weighted by atomic mass is 10.1. The molecule has 1 unspecified atom stereocenters. The summed E-state index contributed by atoms with van der Waals surface area (Å²) in [5, 5.41) is 8.77. The second kappa shape index (κ2) is 11.8. The second-order valence-electron chi connectivity index (χ2n) is 4.72. The van der Waals surface area contributed by atoms with Crippen molar-refractivity contribution in [3.8, 4) is 21.7 Å². The van der Waals surface area contributed by atoms with Gasteiger partial charge in [-0.3, -0.25) is 4.79 Å². The zero-order valence-electron chi connectivity index (χ0n) is 13.0. The number of unbranched alkanes of at least 4 members (excludes halogenated alkanes) is 2. The molecule has 0 radical (unpaired) electrons. The molecule has 1 aromatic rings. The maximum Gasteiger partial charge on any atom is 0.304 e. The van der Waals surface area contributed by atoms with Gasteiger partial charge in [-0.25, -0.2) is 0 Å². The average Bonchev–Trinajstić information content (AvgIpc) is 2.54. The molecular formula is C19H19IO3. The zero-order chi connectivity index (χ0) is 16.9. The van der Waals surface area contributed by atoms with E-state index < -0.39 is 12.1 Å². The quantitative estimate of drug-likeness (QED) is 0.330. The highest BCUT2D eigenvalue weighted by molar-refractivity contribution is 14.1. The molecule has 0 aliphatic rings. The van der Waals surface area contributed by atoms with Gasteiger partial charge < -0.3 is 9.84 Å². The molecule has 0 saturated heterocycles. The second-order valence-corrected chi connectivity index (χ2v) is 5.26. The first-order valence-corrected chi connectivity index (χ1v) is 8.40. The number of benzene rings is 1. The number of carbonyl (C=O) groups excluding carboxylic acids is 1. The zero-order valence-corrected chi connectivity index (χ0v) is 15.2. The van der Waals surface area contributed by atoms with Crippen LogP contribution >= 0.6 is 22.6 Å². The Balaban J connectivity index is 3.00. The average molecular weight is 422 g/mol.